The van der Waals surface area contributed by atoms with E-state index in [4.69, 9.17) is 0 Å². The lowest BCUT2D eigenvalue weighted by Gasteiger charge is -2.16. The first kappa shape index (κ1) is 11.3. The smallest absolute Gasteiger partial charge is 0.228 e. The molecule has 1 fully saturated rings. The van der Waals surface area contributed by atoms with Crippen LogP contribution in [0.15, 0.2) is 29.4 Å². The summed E-state index contributed by atoms with van der Waals surface area (Å²) in [5.41, 5.74) is 0. The molecule has 1 amide bonds. The topological polar surface area (TPSA) is 33.2 Å². The van der Waals surface area contributed by atoms with Crippen molar-refractivity contribution in [1.82, 2.24) is 4.98 Å². The summed E-state index contributed by atoms with van der Waals surface area (Å²) in [5, 5.41) is 0. The Morgan fingerprint density at radius 2 is 2.44 bits per heavy atom. The van der Waals surface area contributed by atoms with E-state index in [2.05, 4.69) is 27.5 Å². The first-order valence-corrected chi connectivity index (χ1v) is 5.65. The summed E-state index contributed by atoms with van der Waals surface area (Å²) in [5.74, 6) is 0.175. The number of pyridine rings is 1. The molecule has 1 aromatic heterocycles. The van der Waals surface area contributed by atoms with Gasteiger partial charge >= 0.3 is 0 Å². The SMILES string of the molecule is C=CC1CC(=O)N(c2ncc(F)cc2Br)C1. The molecule has 5 heteroatoms. The molecule has 84 valence electrons. The van der Waals surface area contributed by atoms with Crippen LogP contribution < -0.4 is 4.90 Å². The highest BCUT2D eigenvalue weighted by Gasteiger charge is 2.30. The second-order valence-corrected chi connectivity index (χ2v) is 4.52. The highest BCUT2D eigenvalue weighted by atomic mass is 79.9. The van der Waals surface area contributed by atoms with Crippen molar-refractivity contribution in [2.24, 2.45) is 5.92 Å². The Morgan fingerprint density at radius 3 is 3.00 bits per heavy atom. The Labute approximate surface area is 101 Å². The van der Waals surface area contributed by atoms with Gasteiger partial charge in [0, 0.05) is 18.9 Å². The minimum absolute atomic E-state index is 0.00953. The van der Waals surface area contributed by atoms with Gasteiger partial charge in [-0.2, -0.15) is 0 Å². The normalized spacial score (nSPS) is 20.2. The molecule has 2 rings (SSSR count). The van der Waals surface area contributed by atoms with Crippen LogP contribution in [0.4, 0.5) is 10.2 Å². The highest BCUT2D eigenvalue weighted by Crippen LogP contribution is 2.30. The number of aromatic nitrogens is 1. The van der Waals surface area contributed by atoms with E-state index in [0.29, 0.717) is 23.3 Å². The van der Waals surface area contributed by atoms with E-state index in [1.807, 2.05) is 0 Å². The van der Waals surface area contributed by atoms with Crippen LogP contribution in [-0.4, -0.2) is 17.4 Å². The van der Waals surface area contributed by atoms with Crippen LogP contribution in [0.2, 0.25) is 0 Å². The molecule has 0 bridgehead atoms. The predicted molar refractivity (Wildman–Crippen MR) is 62.6 cm³/mol. The third kappa shape index (κ3) is 2.00. The van der Waals surface area contributed by atoms with Gasteiger partial charge in [0.2, 0.25) is 5.91 Å². The maximum atomic E-state index is 12.9. The number of rotatable bonds is 2. The molecule has 1 aliphatic rings. The molecule has 0 spiro atoms. The summed E-state index contributed by atoms with van der Waals surface area (Å²) in [6, 6.07) is 1.30. The van der Waals surface area contributed by atoms with E-state index < -0.39 is 5.82 Å². The van der Waals surface area contributed by atoms with Crippen LogP contribution >= 0.6 is 15.9 Å². The monoisotopic (exact) mass is 284 g/mol. The van der Waals surface area contributed by atoms with Gasteiger partial charge in [-0.1, -0.05) is 6.08 Å². The summed E-state index contributed by atoms with van der Waals surface area (Å²) >= 11 is 3.20. The third-order valence-corrected chi connectivity index (χ3v) is 3.12. The van der Waals surface area contributed by atoms with Gasteiger partial charge in [-0.15, -0.1) is 6.58 Å². The molecule has 1 aromatic rings. The molecule has 0 N–H and O–H groups in total. The van der Waals surface area contributed by atoms with E-state index in [-0.39, 0.29) is 11.8 Å². The van der Waals surface area contributed by atoms with Crippen molar-refractivity contribution in [2.75, 3.05) is 11.4 Å². The van der Waals surface area contributed by atoms with E-state index in [1.54, 1.807) is 11.0 Å². The lowest BCUT2D eigenvalue weighted by molar-refractivity contribution is -0.117. The molecule has 1 saturated heterocycles. The van der Waals surface area contributed by atoms with Crippen molar-refractivity contribution in [3.05, 3.63) is 35.2 Å². The maximum absolute atomic E-state index is 12.9. The van der Waals surface area contributed by atoms with Gasteiger partial charge in [-0.25, -0.2) is 9.37 Å². The lowest BCUT2D eigenvalue weighted by atomic mass is 10.1. The van der Waals surface area contributed by atoms with Crippen LogP contribution in [-0.2, 0) is 4.79 Å². The van der Waals surface area contributed by atoms with E-state index in [9.17, 15) is 9.18 Å². The Bertz CT molecular complexity index is 450. The minimum atomic E-state index is -0.428. The van der Waals surface area contributed by atoms with Crippen molar-refractivity contribution < 1.29 is 9.18 Å². The van der Waals surface area contributed by atoms with Crippen LogP contribution in [0.3, 0.4) is 0 Å². The summed E-state index contributed by atoms with van der Waals surface area (Å²) in [6.07, 6.45) is 3.30. The predicted octanol–water partition coefficient (Wildman–Crippen LogP) is 2.52. The zero-order chi connectivity index (χ0) is 11.7. The van der Waals surface area contributed by atoms with Gasteiger partial charge in [0.25, 0.3) is 0 Å². The number of halogens is 2. The number of anilines is 1. The number of carbonyl (C=O) groups is 1. The number of amides is 1. The lowest BCUT2D eigenvalue weighted by Crippen LogP contribution is -2.25. The molecular weight excluding hydrogens is 275 g/mol. The second-order valence-electron chi connectivity index (χ2n) is 3.66. The summed E-state index contributed by atoms with van der Waals surface area (Å²) < 4.78 is 13.4. The van der Waals surface area contributed by atoms with Crippen LogP contribution in [0.1, 0.15) is 6.42 Å². The largest absolute Gasteiger partial charge is 0.295 e. The van der Waals surface area contributed by atoms with Gasteiger partial charge in [0.15, 0.2) is 0 Å². The van der Waals surface area contributed by atoms with Gasteiger partial charge in [0.1, 0.15) is 11.6 Å². The molecule has 0 radical (unpaired) electrons. The molecule has 3 nitrogen and oxygen atoms in total. The van der Waals surface area contributed by atoms with Crippen LogP contribution in [0.25, 0.3) is 0 Å². The number of nitrogens with zero attached hydrogens (tertiary/aromatic N) is 2. The fourth-order valence-corrected chi connectivity index (χ4v) is 2.24. The van der Waals surface area contributed by atoms with Crippen molar-refractivity contribution in [3.8, 4) is 0 Å². The molecule has 0 aromatic carbocycles. The van der Waals surface area contributed by atoms with E-state index in [1.165, 1.54) is 6.07 Å². The Hall–Kier alpha value is -1.23. The second kappa shape index (κ2) is 4.33. The minimum Gasteiger partial charge on any atom is -0.295 e. The van der Waals surface area contributed by atoms with Crippen molar-refractivity contribution in [2.45, 2.75) is 6.42 Å². The van der Waals surface area contributed by atoms with E-state index >= 15 is 0 Å². The first-order chi connectivity index (χ1) is 7.61. The molecule has 0 aliphatic carbocycles. The zero-order valence-electron chi connectivity index (χ0n) is 8.49. The summed E-state index contributed by atoms with van der Waals surface area (Å²) in [6.45, 7) is 4.23. The fraction of sp³-hybridized carbons (Fsp3) is 0.273. The van der Waals surface area contributed by atoms with Gasteiger partial charge < -0.3 is 0 Å². The maximum Gasteiger partial charge on any atom is 0.228 e. The van der Waals surface area contributed by atoms with E-state index in [0.717, 1.165) is 6.20 Å². The highest BCUT2D eigenvalue weighted by molar-refractivity contribution is 9.10. The Kier molecular flexibility index (Phi) is 3.05. The van der Waals surface area contributed by atoms with Gasteiger partial charge in [-0.3, -0.25) is 9.69 Å². The first-order valence-electron chi connectivity index (χ1n) is 4.85. The average molecular weight is 285 g/mol. The number of hydrogen-bond acceptors (Lipinski definition) is 2. The number of carbonyl (C=O) groups excluding carboxylic acids is 1. The van der Waals surface area contributed by atoms with Gasteiger partial charge in [0.05, 0.1) is 10.7 Å². The average Bonchev–Trinajstić information content (AvgIpc) is 2.60. The summed E-state index contributed by atoms with van der Waals surface area (Å²) in [7, 11) is 0. The summed E-state index contributed by atoms with van der Waals surface area (Å²) in [4.78, 5) is 17.2. The number of hydrogen-bond donors (Lipinski definition) is 0. The van der Waals surface area contributed by atoms with Crippen LogP contribution in [0.5, 0.6) is 0 Å². The zero-order valence-corrected chi connectivity index (χ0v) is 10.1. The quantitative estimate of drug-likeness (QED) is 0.782. The van der Waals surface area contributed by atoms with Gasteiger partial charge in [-0.05, 0) is 22.0 Å². The Morgan fingerprint density at radius 1 is 1.69 bits per heavy atom. The Balaban J connectivity index is 2.31. The van der Waals surface area contributed by atoms with Crippen molar-refractivity contribution in [1.29, 1.82) is 0 Å². The molecule has 1 unspecified atom stereocenters. The molecule has 0 saturated carbocycles. The molecule has 16 heavy (non-hydrogen) atoms. The van der Waals surface area contributed by atoms with Crippen LogP contribution in [0, 0.1) is 11.7 Å². The molecular formula is C11H10BrFN2O. The fourth-order valence-electron chi connectivity index (χ4n) is 1.70. The molecule has 2 heterocycles. The third-order valence-electron chi connectivity index (χ3n) is 2.53. The van der Waals surface area contributed by atoms with Crippen molar-refractivity contribution >= 4 is 27.7 Å². The molecule has 1 aliphatic heterocycles. The standard InChI is InChI=1S/C11H10BrFN2O/c1-2-7-3-10(16)15(6-7)11-9(12)4-8(13)5-14-11/h2,4-5,7H,1,3,6H2. The van der Waals surface area contributed by atoms with Crippen molar-refractivity contribution in [3.63, 3.8) is 0 Å². The molecule has 1 atom stereocenters.